The van der Waals surface area contributed by atoms with E-state index < -0.39 is 0 Å². The van der Waals surface area contributed by atoms with Gasteiger partial charge in [0.25, 0.3) is 0 Å². The summed E-state index contributed by atoms with van der Waals surface area (Å²) >= 11 is 0. The molecule has 0 radical (unpaired) electrons. The summed E-state index contributed by atoms with van der Waals surface area (Å²) in [4.78, 5) is 9.71. The average molecular weight is 878 g/mol. The minimum Gasteiger partial charge on any atom is -0.457 e. The van der Waals surface area contributed by atoms with Crippen molar-refractivity contribution in [1.29, 1.82) is 0 Å². The van der Waals surface area contributed by atoms with Crippen molar-refractivity contribution in [2.75, 3.05) is 16.5 Å². The van der Waals surface area contributed by atoms with Crippen LogP contribution in [0.3, 0.4) is 0 Å². The first-order valence-electron chi connectivity index (χ1n) is 23.2. The third-order valence-corrected chi connectivity index (χ3v) is 13.4. The second kappa shape index (κ2) is 17.0. The van der Waals surface area contributed by atoms with Gasteiger partial charge in [0.15, 0.2) is 0 Å². The Morgan fingerprint density at radius 1 is 0.412 bits per heavy atom. The van der Waals surface area contributed by atoms with E-state index in [1.807, 2.05) is 24.4 Å². The lowest BCUT2D eigenvalue weighted by atomic mass is 9.74. The zero-order valence-electron chi connectivity index (χ0n) is 37.9. The van der Waals surface area contributed by atoms with E-state index in [1.165, 1.54) is 16.8 Å². The van der Waals surface area contributed by atoms with Crippen molar-refractivity contribution in [2.24, 2.45) is 0 Å². The van der Waals surface area contributed by atoms with Crippen molar-refractivity contribution in [3.8, 4) is 78.8 Å². The number of nitrogens with zero attached hydrogens (tertiary/aromatic N) is 3. The highest BCUT2D eigenvalue weighted by Gasteiger charge is 2.37. The molecule has 1 aromatic heterocycles. The van der Waals surface area contributed by atoms with Crippen LogP contribution in [-0.2, 0) is 5.41 Å². The van der Waals surface area contributed by atoms with Crippen molar-refractivity contribution >= 4 is 22.7 Å². The molecule has 0 spiro atoms. The Bertz CT molecular complexity index is 3400. The minimum atomic E-state index is -0.330. The molecule has 0 aliphatic carbocycles. The van der Waals surface area contributed by atoms with Gasteiger partial charge in [0, 0.05) is 62.4 Å². The summed E-state index contributed by atoms with van der Waals surface area (Å²) < 4.78 is 13.8. The van der Waals surface area contributed by atoms with Crippen molar-refractivity contribution in [3.63, 3.8) is 0 Å². The molecule has 12 rings (SSSR count). The first-order valence-corrected chi connectivity index (χ1v) is 23.2. The standard InChI is InChI=1S/C63H47N3O2/c1-63(2)56-30-16-28-54(61(56)68-62-55(29-17-31-57(62)63)49-37-47(43-18-6-3-7-19-43)36-48(38-49)44-20-8-4-9-21-44)46-34-35-58(64-41-46)45-22-14-26-52(39-45)67-53-27-15-25-51(40-53)66-42-65(50-23-10-5-11-24-50)59-32-12-13-33-60(59)66/h3-41H,42H2,1-2H3. The normalized spacial score (nSPS) is 13.3. The molecular weight excluding hydrogens is 831 g/mol. The van der Waals surface area contributed by atoms with E-state index in [0.29, 0.717) is 6.67 Å². The molecule has 0 saturated heterocycles. The molecule has 0 saturated carbocycles. The van der Waals surface area contributed by atoms with E-state index in [1.54, 1.807) is 0 Å². The van der Waals surface area contributed by atoms with Gasteiger partial charge >= 0.3 is 0 Å². The van der Waals surface area contributed by atoms with Gasteiger partial charge in [-0.25, -0.2) is 0 Å². The van der Waals surface area contributed by atoms with Crippen molar-refractivity contribution in [1.82, 2.24) is 4.98 Å². The molecule has 68 heavy (non-hydrogen) atoms. The Hall–Kier alpha value is -8.67. The smallest absolute Gasteiger partial charge is 0.139 e. The number of para-hydroxylation sites is 5. The van der Waals surface area contributed by atoms with Crippen LogP contribution >= 0.6 is 0 Å². The number of rotatable bonds is 9. The third kappa shape index (κ3) is 7.44. The number of hydrogen-bond donors (Lipinski definition) is 0. The third-order valence-electron chi connectivity index (χ3n) is 13.4. The summed E-state index contributed by atoms with van der Waals surface area (Å²) in [5.74, 6) is 3.25. The second-order valence-electron chi connectivity index (χ2n) is 18.0. The van der Waals surface area contributed by atoms with Crippen LogP contribution in [0.4, 0.5) is 22.7 Å². The van der Waals surface area contributed by atoms with Gasteiger partial charge in [-0.05, 0) is 101 Å². The lowest BCUT2D eigenvalue weighted by Gasteiger charge is -2.36. The second-order valence-corrected chi connectivity index (χ2v) is 18.0. The summed E-state index contributed by atoms with van der Waals surface area (Å²) in [7, 11) is 0. The molecule has 9 aromatic carbocycles. The number of pyridine rings is 1. The highest BCUT2D eigenvalue weighted by atomic mass is 16.5. The minimum absolute atomic E-state index is 0.330. The lowest BCUT2D eigenvalue weighted by molar-refractivity contribution is 0.421. The fourth-order valence-corrected chi connectivity index (χ4v) is 9.92. The van der Waals surface area contributed by atoms with E-state index in [-0.39, 0.29) is 5.41 Å². The van der Waals surface area contributed by atoms with Gasteiger partial charge in [0.05, 0.1) is 17.1 Å². The van der Waals surface area contributed by atoms with Crippen molar-refractivity contribution in [3.05, 3.63) is 248 Å². The van der Waals surface area contributed by atoms with Crippen molar-refractivity contribution < 1.29 is 9.47 Å². The van der Waals surface area contributed by atoms with Crippen LogP contribution in [0.1, 0.15) is 25.0 Å². The molecule has 326 valence electrons. The summed E-state index contributed by atoms with van der Waals surface area (Å²) in [5, 5.41) is 0. The molecular formula is C63H47N3O2. The van der Waals surface area contributed by atoms with Crippen LogP contribution in [0.2, 0.25) is 0 Å². The molecule has 2 aliphatic heterocycles. The molecule has 2 aliphatic rings. The maximum Gasteiger partial charge on any atom is 0.139 e. The summed E-state index contributed by atoms with van der Waals surface area (Å²) in [6, 6.07) is 80.9. The van der Waals surface area contributed by atoms with E-state index in [2.05, 4.69) is 236 Å². The first-order chi connectivity index (χ1) is 33.4. The van der Waals surface area contributed by atoms with Gasteiger partial charge < -0.3 is 19.3 Å². The zero-order valence-corrected chi connectivity index (χ0v) is 37.9. The number of fused-ring (bicyclic) bond motifs is 3. The molecule has 0 unspecified atom stereocenters. The fraction of sp³-hybridized carbons (Fsp3) is 0.0635. The van der Waals surface area contributed by atoms with Crippen LogP contribution in [0.5, 0.6) is 23.0 Å². The van der Waals surface area contributed by atoms with Gasteiger partial charge in [0.2, 0.25) is 0 Å². The average Bonchev–Trinajstić information content (AvgIpc) is 3.79. The summed E-state index contributed by atoms with van der Waals surface area (Å²) in [5.41, 5.74) is 17.2. The summed E-state index contributed by atoms with van der Waals surface area (Å²) in [6.07, 6.45) is 1.96. The maximum atomic E-state index is 7.20. The molecule has 3 heterocycles. The van der Waals surface area contributed by atoms with Crippen molar-refractivity contribution in [2.45, 2.75) is 19.3 Å². The van der Waals surface area contributed by atoms with Crippen LogP contribution < -0.4 is 19.3 Å². The highest BCUT2D eigenvalue weighted by Crippen LogP contribution is 2.54. The number of hydrogen-bond acceptors (Lipinski definition) is 5. The highest BCUT2D eigenvalue weighted by molar-refractivity contribution is 5.88. The van der Waals surface area contributed by atoms with Gasteiger partial charge in [-0.3, -0.25) is 4.98 Å². The quantitative estimate of drug-likeness (QED) is 0.144. The Balaban J connectivity index is 0.832. The molecule has 0 atom stereocenters. The summed E-state index contributed by atoms with van der Waals surface area (Å²) in [6.45, 7) is 5.30. The molecule has 0 bridgehead atoms. The molecule has 0 N–H and O–H groups in total. The van der Waals surface area contributed by atoms with Gasteiger partial charge in [-0.2, -0.15) is 0 Å². The zero-order chi connectivity index (χ0) is 45.6. The van der Waals surface area contributed by atoms with Gasteiger partial charge in [-0.1, -0.05) is 166 Å². The van der Waals surface area contributed by atoms with E-state index in [4.69, 9.17) is 14.5 Å². The van der Waals surface area contributed by atoms with Crippen LogP contribution in [0.15, 0.2) is 237 Å². The molecule has 10 aromatic rings. The van der Waals surface area contributed by atoms with Crippen LogP contribution in [0, 0.1) is 0 Å². The topological polar surface area (TPSA) is 37.8 Å². The van der Waals surface area contributed by atoms with E-state index >= 15 is 0 Å². The predicted octanol–water partition coefficient (Wildman–Crippen LogP) is 16.9. The lowest BCUT2D eigenvalue weighted by Crippen LogP contribution is -2.25. The Labute approximate surface area is 397 Å². The Kier molecular flexibility index (Phi) is 10.2. The number of aromatic nitrogens is 1. The number of benzene rings is 9. The van der Waals surface area contributed by atoms with Crippen LogP contribution in [-0.4, -0.2) is 11.7 Å². The Morgan fingerprint density at radius 2 is 0.912 bits per heavy atom. The first kappa shape index (κ1) is 40.8. The SMILES string of the molecule is CC1(C)c2cccc(-c3ccc(-c4cccc(Oc5cccc(N6CN(c7ccccc7)c7ccccc76)c5)c4)nc3)c2Oc2c(-c3cc(-c4ccccc4)cc(-c4ccccc4)c3)cccc21. The van der Waals surface area contributed by atoms with E-state index in [0.717, 1.165) is 95.8 Å². The number of ether oxygens (including phenoxy) is 2. The van der Waals surface area contributed by atoms with Gasteiger partial charge in [-0.15, -0.1) is 0 Å². The van der Waals surface area contributed by atoms with Gasteiger partial charge in [0.1, 0.15) is 29.7 Å². The monoisotopic (exact) mass is 877 g/mol. The molecule has 5 nitrogen and oxygen atoms in total. The number of anilines is 4. The van der Waals surface area contributed by atoms with Crippen LogP contribution in [0.25, 0.3) is 55.8 Å². The maximum absolute atomic E-state index is 7.20. The van der Waals surface area contributed by atoms with E-state index in [9.17, 15) is 0 Å². The fourth-order valence-electron chi connectivity index (χ4n) is 9.92. The predicted molar refractivity (Wildman–Crippen MR) is 279 cm³/mol. The largest absolute Gasteiger partial charge is 0.457 e. The Morgan fingerprint density at radius 3 is 1.53 bits per heavy atom. The molecule has 0 fully saturated rings. The molecule has 0 amide bonds. The molecule has 5 heteroatoms.